The van der Waals surface area contributed by atoms with Gasteiger partial charge in [0.1, 0.15) is 5.75 Å². The van der Waals surface area contributed by atoms with Crippen LogP contribution in [0.4, 0.5) is 0 Å². The Morgan fingerprint density at radius 1 is 1.38 bits per heavy atom. The molecule has 0 aliphatic carbocycles. The summed E-state index contributed by atoms with van der Waals surface area (Å²) in [6.45, 7) is 0. The van der Waals surface area contributed by atoms with E-state index >= 15 is 0 Å². The van der Waals surface area contributed by atoms with Crippen molar-refractivity contribution in [3.63, 3.8) is 0 Å². The SMILES string of the molecule is COc1ccccc1-c1noc(CCCl)n1. The number of ether oxygens (including phenoxy) is 1. The Hall–Kier alpha value is -1.55. The number of benzene rings is 1. The Kier molecular flexibility index (Phi) is 3.41. The molecule has 0 bridgehead atoms. The van der Waals surface area contributed by atoms with Crippen LogP contribution in [0, 0.1) is 0 Å². The minimum absolute atomic E-state index is 0.466. The largest absolute Gasteiger partial charge is 0.496 e. The average Bonchev–Trinajstić information content (AvgIpc) is 2.78. The van der Waals surface area contributed by atoms with Crippen LogP contribution in [-0.2, 0) is 6.42 Å². The molecule has 1 aromatic carbocycles. The highest BCUT2D eigenvalue weighted by atomic mass is 35.5. The first kappa shape index (κ1) is 11.0. The van der Waals surface area contributed by atoms with Crippen molar-refractivity contribution >= 4 is 11.6 Å². The van der Waals surface area contributed by atoms with Gasteiger partial charge < -0.3 is 9.26 Å². The van der Waals surface area contributed by atoms with Gasteiger partial charge in [0, 0.05) is 12.3 Å². The van der Waals surface area contributed by atoms with E-state index in [1.54, 1.807) is 7.11 Å². The molecule has 16 heavy (non-hydrogen) atoms. The molecule has 0 N–H and O–H groups in total. The summed E-state index contributed by atoms with van der Waals surface area (Å²) < 4.78 is 10.3. The van der Waals surface area contributed by atoms with Crippen molar-refractivity contribution in [2.75, 3.05) is 13.0 Å². The summed E-state index contributed by atoms with van der Waals surface area (Å²) in [7, 11) is 1.61. The Bertz CT molecular complexity index is 471. The first-order valence-corrected chi connectivity index (χ1v) is 5.40. The number of para-hydroxylation sites is 1. The lowest BCUT2D eigenvalue weighted by atomic mass is 10.2. The second kappa shape index (κ2) is 4.99. The summed E-state index contributed by atoms with van der Waals surface area (Å²) in [5.41, 5.74) is 0.814. The van der Waals surface area contributed by atoms with E-state index in [-0.39, 0.29) is 0 Å². The molecule has 0 aliphatic rings. The summed E-state index contributed by atoms with van der Waals surface area (Å²) in [4.78, 5) is 4.24. The zero-order valence-corrected chi connectivity index (χ0v) is 9.57. The molecule has 4 nitrogen and oxygen atoms in total. The molecule has 0 saturated heterocycles. The van der Waals surface area contributed by atoms with Crippen LogP contribution in [0.3, 0.4) is 0 Å². The maximum Gasteiger partial charge on any atom is 0.228 e. The maximum atomic E-state index is 5.60. The minimum atomic E-state index is 0.466. The fourth-order valence-corrected chi connectivity index (χ4v) is 1.54. The fourth-order valence-electron chi connectivity index (χ4n) is 1.38. The molecule has 0 amide bonds. The number of aromatic nitrogens is 2. The van der Waals surface area contributed by atoms with Crippen molar-refractivity contribution in [1.29, 1.82) is 0 Å². The number of aryl methyl sites for hydroxylation is 1. The zero-order valence-electron chi connectivity index (χ0n) is 8.81. The molecule has 2 aromatic rings. The van der Waals surface area contributed by atoms with E-state index in [9.17, 15) is 0 Å². The monoisotopic (exact) mass is 238 g/mol. The van der Waals surface area contributed by atoms with Gasteiger partial charge in [0.15, 0.2) is 0 Å². The van der Waals surface area contributed by atoms with Crippen molar-refractivity contribution < 1.29 is 9.26 Å². The minimum Gasteiger partial charge on any atom is -0.496 e. The predicted molar refractivity (Wildman–Crippen MR) is 60.7 cm³/mol. The van der Waals surface area contributed by atoms with E-state index < -0.39 is 0 Å². The summed E-state index contributed by atoms with van der Waals surface area (Å²) in [6, 6.07) is 7.53. The van der Waals surface area contributed by atoms with Gasteiger partial charge in [-0.2, -0.15) is 4.98 Å². The highest BCUT2D eigenvalue weighted by Gasteiger charge is 2.11. The van der Waals surface area contributed by atoms with E-state index in [1.807, 2.05) is 24.3 Å². The van der Waals surface area contributed by atoms with Crippen LogP contribution in [0.15, 0.2) is 28.8 Å². The second-order valence-electron chi connectivity index (χ2n) is 3.15. The molecule has 0 spiro atoms. The van der Waals surface area contributed by atoms with Crippen molar-refractivity contribution in [2.24, 2.45) is 0 Å². The van der Waals surface area contributed by atoms with Gasteiger partial charge >= 0.3 is 0 Å². The van der Waals surface area contributed by atoms with Gasteiger partial charge in [-0.1, -0.05) is 17.3 Å². The van der Waals surface area contributed by atoms with E-state index in [2.05, 4.69) is 10.1 Å². The van der Waals surface area contributed by atoms with Gasteiger partial charge in [-0.25, -0.2) is 0 Å². The van der Waals surface area contributed by atoms with Crippen LogP contribution in [-0.4, -0.2) is 23.1 Å². The number of nitrogens with zero attached hydrogens (tertiary/aromatic N) is 2. The first-order valence-electron chi connectivity index (χ1n) is 4.87. The summed E-state index contributed by atoms with van der Waals surface area (Å²) in [5.74, 6) is 2.25. The lowest BCUT2D eigenvalue weighted by Crippen LogP contribution is -1.89. The molecular weight excluding hydrogens is 228 g/mol. The average molecular weight is 239 g/mol. The van der Waals surface area contributed by atoms with E-state index in [4.69, 9.17) is 20.9 Å². The molecule has 1 heterocycles. The van der Waals surface area contributed by atoms with Gasteiger partial charge in [-0.3, -0.25) is 0 Å². The van der Waals surface area contributed by atoms with Gasteiger partial charge in [0.2, 0.25) is 11.7 Å². The number of hydrogen-bond acceptors (Lipinski definition) is 4. The summed E-state index contributed by atoms with van der Waals surface area (Å²) in [6.07, 6.45) is 0.573. The van der Waals surface area contributed by atoms with Gasteiger partial charge in [0.05, 0.1) is 12.7 Å². The number of methoxy groups -OCH3 is 1. The summed E-state index contributed by atoms with van der Waals surface area (Å²) in [5, 5.41) is 3.89. The van der Waals surface area contributed by atoms with Crippen molar-refractivity contribution in [3.8, 4) is 17.1 Å². The van der Waals surface area contributed by atoms with Gasteiger partial charge in [-0.05, 0) is 12.1 Å². The van der Waals surface area contributed by atoms with Crippen LogP contribution in [0.2, 0.25) is 0 Å². The molecule has 0 aliphatic heterocycles. The third kappa shape index (κ3) is 2.17. The van der Waals surface area contributed by atoms with E-state index in [0.717, 1.165) is 11.3 Å². The number of hydrogen-bond donors (Lipinski definition) is 0. The smallest absolute Gasteiger partial charge is 0.228 e. The van der Waals surface area contributed by atoms with E-state index in [1.165, 1.54) is 0 Å². The number of alkyl halides is 1. The lowest BCUT2D eigenvalue weighted by molar-refractivity contribution is 0.382. The standard InChI is InChI=1S/C11H11ClN2O2/c1-15-9-5-3-2-4-8(9)11-13-10(6-7-12)16-14-11/h2-5H,6-7H2,1H3. The van der Waals surface area contributed by atoms with Crippen LogP contribution in [0.5, 0.6) is 5.75 Å². The van der Waals surface area contributed by atoms with Crippen LogP contribution in [0.1, 0.15) is 5.89 Å². The zero-order chi connectivity index (χ0) is 11.4. The Labute approximate surface area is 98.2 Å². The highest BCUT2D eigenvalue weighted by Crippen LogP contribution is 2.26. The van der Waals surface area contributed by atoms with E-state index in [0.29, 0.717) is 24.0 Å². The third-order valence-corrected chi connectivity index (χ3v) is 2.31. The van der Waals surface area contributed by atoms with Gasteiger partial charge in [0.25, 0.3) is 0 Å². The molecule has 1 aromatic heterocycles. The fraction of sp³-hybridized carbons (Fsp3) is 0.273. The topological polar surface area (TPSA) is 48.2 Å². The third-order valence-electron chi connectivity index (χ3n) is 2.12. The van der Waals surface area contributed by atoms with Crippen LogP contribution < -0.4 is 4.74 Å². The normalized spacial score (nSPS) is 10.4. The maximum absolute atomic E-state index is 5.60. The summed E-state index contributed by atoms with van der Waals surface area (Å²) >= 11 is 5.60. The van der Waals surface area contributed by atoms with Crippen molar-refractivity contribution in [1.82, 2.24) is 10.1 Å². The molecule has 2 rings (SSSR count). The van der Waals surface area contributed by atoms with Crippen LogP contribution >= 0.6 is 11.6 Å². The molecule has 0 fully saturated rings. The molecule has 0 saturated carbocycles. The quantitative estimate of drug-likeness (QED) is 0.768. The lowest BCUT2D eigenvalue weighted by Gasteiger charge is -2.02. The van der Waals surface area contributed by atoms with Gasteiger partial charge in [-0.15, -0.1) is 11.6 Å². The second-order valence-corrected chi connectivity index (χ2v) is 3.53. The predicted octanol–water partition coefficient (Wildman–Crippen LogP) is 2.53. The Morgan fingerprint density at radius 3 is 2.94 bits per heavy atom. The highest BCUT2D eigenvalue weighted by molar-refractivity contribution is 6.17. The Morgan fingerprint density at radius 2 is 2.19 bits per heavy atom. The molecule has 0 atom stereocenters. The number of rotatable bonds is 4. The number of halogens is 1. The van der Waals surface area contributed by atoms with Crippen molar-refractivity contribution in [3.05, 3.63) is 30.2 Å². The van der Waals surface area contributed by atoms with Crippen LogP contribution in [0.25, 0.3) is 11.4 Å². The molecule has 0 radical (unpaired) electrons. The molecular formula is C11H11ClN2O2. The van der Waals surface area contributed by atoms with Crippen molar-refractivity contribution in [2.45, 2.75) is 6.42 Å². The Balaban J connectivity index is 2.34. The first-order chi connectivity index (χ1) is 7.85. The molecule has 0 unspecified atom stereocenters. The molecule has 84 valence electrons. The molecule has 5 heteroatoms.